The van der Waals surface area contributed by atoms with Crippen LogP contribution in [0.1, 0.15) is 46.4 Å². The largest absolute Gasteiger partial charge is 0.381 e. The van der Waals surface area contributed by atoms with Gasteiger partial charge >= 0.3 is 0 Å². The van der Waals surface area contributed by atoms with Crippen molar-refractivity contribution in [2.45, 2.75) is 52.4 Å². The lowest BCUT2D eigenvalue weighted by Gasteiger charge is -2.27. The number of hydrogen-bond acceptors (Lipinski definition) is 8. The quantitative estimate of drug-likeness (QED) is 0.686. The predicted molar refractivity (Wildman–Crippen MR) is 109 cm³/mol. The summed E-state index contributed by atoms with van der Waals surface area (Å²) in [6.07, 6.45) is 3.80. The molecule has 3 aromatic rings. The highest BCUT2D eigenvalue weighted by atomic mass is 32.1. The van der Waals surface area contributed by atoms with Gasteiger partial charge in [0.15, 0.2) is 5.65 Å². The molecule has 0 saturated carbocycles. The first-order chi connectivity index (χ1) is 14.2. The van der Waals surface area contributed by atoms with Crippen molar-refractivity contribution in [1.82, 2.24) is 29.3 Å². The van der Waals surface area contributed by atoms with Crippen molar-refractivity contribution >= 4 is 34.2 Å². The summed E-state index contributed by atoms with van der Waals surface area (Å²) in [4.78, 5) is 20.1. The average molecular weight is 414 g/mol. The van der Waals surface area contributed by atoms with Crippen LogP contribution >= 0.6 is 11.5 Å². The molecule has 0 bridgehead atoms. The van der Waals surface area contributed by atoms with Gasteiger partial charge in [0, 0.05) is 37.1 Å². The third kappa shape index (κ3) is 3.16. The molecular weight excluding hydrogens is 390 g/mol. The highest BCUT2D eigenvalue weighted by Crippen LogP contribution is 2.33. The summed E-state index contributed by atoms with van der Waals surface area (Å²) in [5.74, 6) is -0.00392. The van der Waals surface area contributed by atoms with Crippen LogP contribution in [0.2, 0.25) is 0 Å². The van der Waals surface area contributed by atoms with Crippen molar-refractivity contribution in [2.24, 2.45) is 0 Å². The maximum atomic E-state index is 12.8. The Morgan fingerprint density at radius 3 is 2.93 bits per heavy atom. The second-order valence-corrected chi connectivity index (χ2v) is 8.24. The molecule has 2 aliphatic heterocycles. The first-order valence-electron chi connectivity index (χ1n) is 9.95. The van der Waals surface area contributed by atoms with Crippen LogP contribution in [0.15, 0.2) is 6.20 Å². The number of aryl methyl sites for hydroxylation is 2. The number of amides is 1. The zero-order valence-corrected chi connectivity index (χ0v) is 17.3. The van der Waals surface area contributed by atoms with E-state index in [2.05, 4.69) is 26.9 Å². The molecule has 0 atom stereocenters. The Bertz CT molecular complexity index is 1070. The monoisotopic (exact) mass is 413 g/mol. The second-order valence-electron chi connectivity index (χ2n) is 7.49. The summed E-state index contributed by atoms with van der Waals surface area (Å²) in [5.41, 5.74) is 4.63. The summed E-state index contributed by atoms with van der Waals surface area (Å²) in [6.45, 7) is 7.33. The lowest BCUT2D eigenvalue weighted by Crippen LogP contribution is -2.30. The number of nitrogens with zero attached hydrogens (tertiary/aromatic N) is 6. The molecule has 152 valence electrons. The molecule has 0 radical (unpaired) electrons. The normalized spacial score (nSPS) is 17.3. The molecule has 9 nitrogen and oxygen atoms in total. The third-order valence-electron chi connectivity index (χ3n) is 5.69. The molecule has 1 fully saturated rings. The molecule has 0 unspecified atom stereocenters. The number of rotatable bonds is 5. The molecule has 1 saturated heterocycles. The Morgan fingerprint density at radius 2 is 2.17 bits per heavy atom. The van der Waals surface area contributed by atoms with E-state index < -0.39 is 0 Å². The highest BCUT2D eigenvalue weighted by Gasteiger charge is 2.32. The van der Waals surface area contributed by atoms with Crippen LogP contribution in [-0.4, -0.2) is 54.4 Å². The van der Waals surface area contributed by atoms with E-state index in [9.17, 15) is 4.79 Å². The molecule has 0 aromatic carbocycles. The van der Waals surface area contributed by atoms with Crippen LogP contribution in [-0.2, 0) is 24.4 Å². The third-order valence-corrected chi connectivity index (χ3v) is 6.45. The molecule has 5 heterocycles. The molecule has 1 amide bonds. The van der Waals surface area contributed by atoms with Crippen LogP contribution in [0.3, 0.4) is 0 Å². The van der Waals surface area contributed by atoms with E-state index in [1.54, 1.807) is 0 Å². The number of carbonyl (C=O) groups is 1. The van der Waals surface area contributed by atoms with Gasteiger partial charge in [-0.25, -0.2) is 9.67 Å². The van der Waals surface area contributed by atoms with Crippen molar-refractivity contribution in [3.05, 3.63) is 28.0 Å². The van der Waals surface area contributed by atoms with E-state index >= 15 is 0 Å². The Balaban J connectivity index is 1.54. The number of pyridine rings is 1. The van der Waals surface area contributed by atoms with Crippen molar-refractivity contribution in [3.8, 4) is 0 Å². The average Bonchev–Trinajstić information content (AvgIpc) is 3.42. The molecule has 5 rings (SSSR count). The predicted octanol–water partition coefficient (Wildman–Crippen LogP) is 2.36. The highest BCUT2D eigenvalue weighted by molar-refractivity contribution is 7.08. The molecule has 2 aliphatic rings. The molecule has 29 heavy (non-hydrogen) atoms. The number of ether oxygens (including phenoxy) is 1. The fraction of sp³-hybridized carbons (Fsp3) is 0.526. The number of fused-ring (bicyclic) bond motifs is 2. The van der Waals surface area contributed by atoms with Crippen molar-refractivity contribution in [2.75, 3.05) is 18.5 Å². The molecular formula is C19H23N7O2S. The maximum Gasteiger partial charge on any atom is 0.268 e. The zero-order valence-electron chi connectivity index (χ0n) is 16.5. The minimum Gasteiger partial charge on any atom is -0.381 e. The maximum absolute atomic E-state index is 12.8. The number of carbonyl (C=O) groups excluding carboxylic acids is 1. The minimum absolute atomic E-state index is 0.00392. The summed E-state index contributed by atoms with van der Waals surface area (Å²) >= 11 is 1.17. The van der Waals surface area contributed by atoms with Gasteiger partial charge in [0.25, 0.3) is 5.91 Å². The van der Waals surface area contributed by atoms with E-state index in [1.165, 1.54) is 11.5 Å². The lowest BCUT2D eigenvalue weighted by atomic mass is 10.0. The van der Waals surface area contributed by atoms with E-state index in [4.69, 9.17) is 9.72 Å². The SMILES string of the molecule is CCn1ncc2c(NC3CCOCC3)c(CN3Cc4nnsc4C3=O)c(C)nc21. The molecule has 0 aliphatic carbocycles. The summed E-state index contributed by atoms with van der Waals surface area (Å²) < 4.78 is 11.3. The fourth-order valence-corrected chi connectivity index (χ4v) is 4.71. The first-order valence-corrected chi connectivity index (χ1v) is 10.7. The first kappa shape index (κ1) is 18.4. The van der Waals surface area contributed by atoms with E-state index in [0.29, 0.717) is 24.0 Å². The van der Waals surface area contributed by atoms with Gasteiger partial charge in [-0.2, -0.15) is 5.10 Å². The number of nitrogens with one attached hydrogen (secondary N) is 1. The fourth-order valence-electron chi connectivity index (χ4n) is 4.07. The van der Waals surface area contributed by atoms with Gasteiger partial charge < -0.3 is 15.0 Å². The van der Waals surface area contributed by atoms with Crippen LogP contribution < -0.4 is 5.32 Å². The lowest BCUT2D eigenvalue weighted by molar-refractivity contribution is 0.0769. The second kappa shape index (κ2) is 7.34. The zero-order chi connectivity index (χ0) is 20.0. The Kier molecular flexibility index (Phi) is 4.67. The Hall–Kier alpha value is -2.59. The van der Waals surface area contributed by atoms with Gasteiger partial charge in [0.05, 0.1) is 30.4 Å². The number of hydrogen-bond donors (Lipinski definition) is 1. The summed E-state index contributed by atoms with van der Waals surface area (Å²) in [7, 11) is 0. The Morgan fingerprint density at radius 1 is 1.34 bits per heavy atom. The summed E-state index contributed by atoms with van der Waals surface area (Å²) in [5, 5.41) is 13.3. The van der Waals surface area contributed by atoms with Crippen LogP contribution in [0.5, 0.6) is 0 Å². The van der Waals surface area contributed by atoms with Crippen molar-refractivity contribution in [3.63, 3.8) is 0 Å². The number of aromatic nitrogens is 5. The van der Waals surface area contributed by atoms with Gasteiger partial charge in [-0.05, 0) is 38.2 Å². The molecule has 0 spiro atoms. The molecule has 1 N–H and O–H groups in total. The molecule has 3 aromatic heterocycles. The van der Waals surface area contributed by atoms with Crippen LogP contribution in [0.4, 0.5) is 5.69 Å². The Labute approximate surface area is 172 Å². The van der Waals surface area contributed by atoms with E-state index in [-0.39, 0.29) is 5.91 Å². The van der Waals surface area contributed by atoms with Crippen LogP contribution in [0, 0.1) is 6.92 Å². The van der Waals surface area contributed by atoms with Gasteiger partial charge in [-0.15, -0.1) is 5.10 Å². The topological polar surface area (TPSA) is 98.1 Å². The van der Waals surface area contributed by atoms with E-state index in [1.807, 2.05) is 22.7 Å². The summed E-state index contributed by atoms with van der Waals surface area (Å²) in [6, 6.07) is 0.333. The smallest absolute Gasteiger partial charge is 0.268 e. The van der Waals surface area contributed by atoms with Crippen molar-refractivity contribution in [1.29, 1.82) is 0 Å². The number of anilines is 1. The van der Waals surface area contributed by atoms with Gasteiger partial charge in [-0.3, -0.25) is 4.79 Å². The van der Waals surface area contributed by atoms with E-state index in [0.717, 1.165) is 66.3 Å². The standard InChI is InChI=1S/C19H23N7O2S/c1-3-26-18-13(8-20-26)16(22-12-4-6-28-7-5-12)14(11(2)21-18)9-25-10-15-17(19(25)27)29-24-23-15/h8,12H,3-7,9-10H2,1-2H3,(H,21,22). The van der Waals surface area contributed by atoms with Gasteiger partial charge in [0.2, 0.25) is 0 Å². The van der Waals surface area contributed by atoms with Gasteiger partial charge in [-0.1, -0.05) is 4.49 Å². The van der Waals surface area contributed by atoms with Crippen LogP contribution in [0.25, 0.3) is 11.0 Å². The van der Waals surface area contributed by atoms with Gasteiger partial charge in [0.1, 0.15) is 10.6 Å². The molecule has 10 heteroatoms. The van der Waals surface area contributed by atoms with Crippen molar-refractivity contribution < 1.29 is 9.53 Å². The minimum atomic E-state index is -0.00392.